The molecule has 122 valence electrons. The Labute approximate surface area is 136 Å². The van der Waals surface area contributed by atoms with Crippen LogP contribution in [0.4, 0.5) is 0 Å². The lowest BCUT2D eigenvalue weighted by Gasteiger charge is -2.21. The molecule has 1 amide bonds. The molecule has 0 aliphatic heterocycles. The third-order valence-corrected chi connectivity index (χ3v) is 3.66. The van der Waals surface area contributed by atoms with E-state index in [2.05, 4.69) is 10.3 Å². The number of amides is 1. The van der Waals surface area contributed by atoms with Crippen molar-refractivity contribution in [2.45, 2.75) is 32.4 Å². The molecule has 0 aliphatic carbocycles. The number of nitrogens with one attached hydrogen (secondary N) is 1. The second kappa shape index (κ2) is 7.74. The van der Waals surface area contributed by atoms with Crippen LogP contribution in [-0.2, 0) is 11.2 Å². The van der Waals surface area contributed by atoms with Crippen LogP contribution in [0.25, 0.3) is 0 Å². The molecule has 0 radical (unpaired) electrons. The number of aromatic nitrogens is 1. The van der Waals surface area contributed by atoms with Gasteiger partial charge in [-0.2, -0.15) is 0 Å². The Morgan fingerprint density at radius 1 is 1.26 bits per heavy atom. The molecular formula is C18H22N2O3. The summed E-state index contributed by atoms with van der Waals surface area (Å²) in [6.45, 7) is 3.68. The molecule has 1 aromatic heterocycles. The lowest BCUT2D eigenvalue weighted by molar-refractivity contribution is -0.121. The largest absolute Gasteiger partial charge is 0.497 e. The number of aryl methyl sites for hydroxylation is 1. The summed E-state index contributed by atoms with van der Waals surface area (Å²) in [4.78, 5) is 16.2. The molecule has 0 fully saturated rings. The number of ether oxygens (including phenoxy) is 1. The zero-order valence-corrected chi connectivity index (χ0v) is 13.6. The maximum absolute atomic E-state index is 12.1. The van der Waals surface area contributed by atoms with Gasteiger partial charge in [-0.1, -0.05) is 18.2 Å². The van der Waals surface area contributed by atoms with Crippen molar-refractivity contribution in [2.24, 2.45) is 0 Å². The fourth-order valence-corrected chi connectivity index (χ4v) is 2.26. The summed E-state index contributed by atoms with van der Waals surface area (Å²) in [5, 5.41) is 13.2. The van der Waals surface area contributed by atoms with E-state index in [1.807, 2.05) is 19.1 Å². The van der Waals surface area contributed by atoms with Crippen LogP contribution >= 0.6 is 0 Å². The van der Waals surface area contributed by atoms with Crippen molar-refractivity contribution in [1.82, 2.24) is 10.3 Å². The van der Waals surface area contributed by atoms with E-state index >= 15 is 0 Å². The van der Waals surface area contributed by atoms with E-state index in [0.29, 0.717) is 0 Å². The summed E-state index contributed by atoms with van der Waals surface area (Å²) in [7, 11) is 1.59. The highest BCUT2D eigenvalue weighted by atomic mass is 16.5. The number of aliphatic hydroxyl groups is 1. The van der Waals surface area contributed by atoms with Gasteiger partial charge in [0.2, 0.25) is 5.91 Å². The van der Waals surface area contributed by atoms with Crippen molar-refractivity contribution in [1.29, 1.82) is 0 Å². The number of benzene rings is 1. The van der Waals surface area contributed by atoms with Gasteiger partial charge in [0, 0.05) is 11.9 Å². The van der Waals surface area contributed by atoms with E-state index in [1.165, 1.54) is 0 Å². The molecule has 0 bridgehead atoms. The van der Waals surface area contributed by atoms with Crippen LogP contribution in [0.2, 0.25) is 0 Å². The summed E-state index contributed by atoms with van der Waals surface area (Å²) in [6.07, 6.45) is 1.16. The van der Waals surface area contributed by atoms with E-state index in [1.54, 1.807) is 44.5 Å². The van der Waals surface area contributed by atoms with Crippen LogP contribution in [0.5, 0.6) is 5.75 Å². The van der Waals surface area contributed by atoms with Gasteiger partial charge >= 0.3 is 0 Å². The number of nitrogens with zero attached hydrogens (tertiary/aromatic N) is 1. The SMILES string of the molecule is COc1ccc(C(O)C(C)NC(=O)Cc2ccc(C)nc2)cc1. The number of hydrogen-bond acceptors (Lipinski definition) is 4. The minimum Gasteiger partial charge on any atom is -0.497 e. The lowest BCUT2D eigenvalue weighted by atomic mass is 10.0. The minimum atomic E-state index is -0.777. The van der Waals surface area contributed by atoms with Gasteiger partial charge in [-0.15, -0.1) is 0 Å². The lowest BCUT2D eigenvalue weighted by Crippen LogP contribution is -2.37. The first-order valence-corrected chi connectivity index (χ1v) is 7.52. The number of rotatable bonds is 6. The Hall–Kier alpha value is -2.40. The number of carbonyl (C=O) groups is 1. The smallest absolute Gasteiger partial charge is 0.224 e. The zero-order chi connectivity index (χ0) is 16.8. The Morgan fingerprint density at radius 2 is 1.96 bits per heavy atom. The van der Waals surface area contributed by atoms with Crippen molar-refractivity contribution in [2.75, 3.05) is 7.11 Å². The minimum absolute atomic E-state index is 0.143. The predicted molar refractivity (Wildman–Crippen MR) is 88.2 cm³/mol. The average Bonchev–Trinajstić information content (AvgIpc) is 2.56. The number of hydrogen-bond donors (Lipinski definition) is 2. The Morgan fingerprint density at radius 3 is 2.52 bits per heavy atom. The Balaban J connectivity index is 1.92. The molecule has 1 heterocycles. The highest BCUT2D eigenvalue weighted by molar-refractivity contribution is 5.78. The van der Waals surface area contributed by atoms with E-state index in [9.17, 15) is 9.90 Å². The molecule has 1 aromatic carbocycles. The zero-order valence-electron chi connectivity index (χ0n) is 13.6. The van der Waals surface area contributed by atoms with Gasteiger partial charge in [-0.25, -0.2) is 0 Å². The van der Waals surface area contributed by atoms with Gasteiger partial charge in [0.05, 0.1) is 25.7 Å². The van der Waals surface area contributed by atoms with Gasteiger partial charge in [-0.05, 0) is 43.2 Å². The monoisotopic (exact) mass is 314 g/mol. The summed E-state index contributed by atoms with van der Waals surface area (Å²) >= 11 is 0. The fraction of sp³-hybridized carbons (Fsp3) is 0.333. The van der Waals surface area contributed by atoms with Gasteiger partial charge in [-0.3, -0.25) is 9.78 Å². The summed E-state index contributed by atoms with van der Waals surface area (Å²) in [5.41, 5.74) is 2.49. The van der Waals surface area contributed by atoms with Crippen LogP contribution in [0.1, 0.15) is 29.8 Å². The topological polar surface area (TPSA) is 71.5 Å². The number of aliphatic hydroxyl groups excluding tert-OH is 1. The van der Waals surface area contributed by atoms with Crippen molar-refractivity contribution < 1.29 is 14.6 Å². The van der Waals surface area contributed by atoms with Crippen LogP contribution in [0, 0.1) is 6.92 Å². The molecular weight excluding hydrogens is 292 g/mol. The van der Waals surface area contributed by atoms with Crippen molar-refractivity contribution in [3.05, 3.63) is 59.4 Å². The molecule has 2 atom stereocenters. The molecule has 23 heavy (non-hydrogen) atoms. The summed E-state index contributed by atoms with van der Waals surface area (Å²) in [5.74, 6) is 0.584. The normalized spacial score (nSPS) is 13.2. The van der Waals surface area contributed by atoms with Crippen LogP contribution in [0.3, 0.4) is 0 Å². The maximum Gasteiger partial charge on any atom is 0.224 e. The molecule has 2 aromatic rings. The number of pyridine rings is 1. The van der Waals surface area contributed by atoms with Crippen molar-refractivity contribution in [3.8, 4) is 5.75 Å². The molecule has 0 saturated heterocycles. The van der Waals surface area contributed by atoms with Crippen LogP contribution < -0.4 is 10.1 Å². The molecule has 5 heteroatoms. The molecule has 0 spiro atoms. The molecule has 2 N–H and O–H groups in total. The number of methoxy groups -OCH3 is 1. The summed E-state index contributed by atoms with van der Waals surface area (Å²) < 4.78 is 5.09. The third kappa shape index (κ3) is 4.79. The van der Waals surface area contributed by atoms with Crippen molar-refractivity contribution in [3.63, 3.8) is 0 Å². The van der Waals surface area contributed by atoms with Gasteiger partial charge in [0.15, 0.2) is 0 Å². The molecule has 2 unspecified atom stereocenters. The second-order valence-electron chi connectivity index (χ2n) is 5.56. The summed E-state index contributed by atoms with van der Waals surface area (Å²) in [6, 6.07) is 10.5. The predicted octanol–water partition coefficient (Wildman–Crippen LogP) is 2.18. The molecule has 2 rings (SSSR count). The Bertz CT molecular complexity index is 638. The van der Waals surface area contributed by atoms with E-state index < -0.39 is 12.1 Å². The fourth-order valence-electron chi connectivity index (χ4n) is 2.26. The van der Waals surface area contributed by atoms with Gasteiger partial charge in [0.25, 0.3) is 0 Å². The van der Waals surface area contributed by atoms with E-state index in [0.717, 1.165) is 22.6 Å². The first-order valence-electron chi connectivity index (χ1n) is 7.52. The highest BCUT2D eigenvalue weighted by Crippen LogP contribution is 2.20. The quantitative estimate of drug-likeness (QED) is 0.857. The maximum atomic E-state index is 12.1. The second-order valence-corrected chi connectivity index (χ2v) is 5.56. The molecule has 5 nitrogen and oxygen atoms in total. The van der Waals surface area contributed by atoms with Crippen LogP contribution in [0.15, 0.2) is 42.6 Å². The van der Waals surface area contributed by atoms with Gasteiger partial charge < -0.3 is 15.2 Å². The first kappa shape index (κ1) is 17.0. The van der Waals surface area contributed by atoms with E-state index in [-0.39, 0.29) is 12.3 Å². The highest BCUT2D eigenvalue weighted by Gasteiger charge is 2.18. The average molecular weight is 314 g/mol. The molecule has 0 saturated carbocycles. The van der Waals surface area contributed by atoms with Crippen LogP contribution in [-0.4, -0.2) is 29.1 Å². The van der Waals surface area contributed by atoms with Gasteiger partial charge in [0.1, 0.15) is 5.75 Å². The van der Waals surface area contributed by atoms with Crippen molar-refractivity contribution >= 4 is 5.91 Å². The molecule has 0 aliphatic rings. The Kier molecular flexibility index (Phi) is 5.71. The standard InChI is InChI=1S/C18H22N2O3/c1-12-4-5-14(11-19-12)10-17(21)20-13(2)18(22)15-6-8-16(23-3)9-7-15/h4-9,11,13,18,22H,10H2,1-3H3,(H,20,21). The number of carbonyl (C=O) groups excluding carboxylic acids is 1. The first-order chi connectivity index (χ1) is 11.0. The third-order valence-electron chi connectivity index (χ3n) is 3.66. The van der Waals surface area contributed by atoms with E-state index in [4.69, 9.17) is 4.74 Å².